The molecule has 4 atom stereocenters. The van der Waals surface area contributed by atoms with Crippen LogP contribution in [0.5, 0.6) is 0 Å². The van der Waals surface area contributed by atoms with Gasteiger partial charge in [0.2, 0.25) is 0 Å². The van der Waals surface area contributed by atoms with Crippen LogP contribution in [-0.2, 0) is 14.4 Å². The van der Waals surface area contributed by atoms with Gasteiger partial charge in [0.05, 0.1) is 12.0 Å². The molecule has 26 heavy (non-hydrogen) atoms. The van der Waals surface area contributed by atoms with E-state index < -0.39 is 40.9 Å². The number of aliphatic hydroxyl groups excluding tert-OH is 1. The molecule has 5 heteroatoms. The van der Waals surface area contributed by atoms with Crippen molar-refractivity contribution < 1.29 is 24.6 Å². The molecule has 1 rings (SSSR count). The van der Waals surface area contributed by atoms with Crippen molar-refractivity contribution in [3.8, 4) is 0 Å². The number of carbonyl (C=O) groups excluding carboxylic acids is 3. The minimum Gasteiger partial charge on any atom is -0.390 e. The molecule has 0 bridgehead atoms. The summed E-state index contributed by atoms with van der Waals surface area (Å²) in [5.41, 5.74) is -1.24. The zero-order valence-corrected chi connectivity index (χ0v) is 16.9. The molecular formula is C21H34O5. The van der Waals surface area contributed by atoms with E-state index in [1.54, 1.807) is 6.08 Å². The highest BCUT2D eigenvalue weighted by Crippen LogP contribution is 2.41. The van der Waals surface area contributed by atoms with Gasteiger partial charge in [0.15, 0.2) is 23.0 Å². The molecule has 0 amide bonds. The zero-order valence-electron chi connectivity index (χ0n) is 16.9. The van der Waals surface area contributed by atoms with Crippen molar-refractivity contribution in [1.82, 2.24) is 0 Å². The molecule has 1 saturated carbocycles. The van der Waals surface area contributed by atoms with Crippen LogP contribution in [0.2, 0.25) is 0 Å². The molecule has 1 aliphatic rings. The van der Waals surface area contributed by atoms with E-state index in [-0.39, 0.29) is 31.1 Å². The van der Waals surface area contributed by atoms with Crippen molar-refractivity contribution in [3.63, 3.8) is 0 Å². The molecule has 5 nitrogen and oxygen atoms in total. The van der Waals surface area contributed by atoms with Crippen LogP contribution in [0.1, 0.15) is 67.2 Å². The highest BCUT2D eigenvalue weighted by Gasteiger charge is 2.63. The van der Waals surface area contributed by atoms with Crippen LogP contribution in [0.4, 0.5) is 0 Å². The van der Waals surface area contributed by atoms with Gasteiger partial charge in [-0.2, -0.15) is 0 Å². The Morgan fingerprint density at radius 3 is 2.15 bits per heavy atom. The number of allylic oxidation sites excluding steroid dienone is 2. The Morgan fingerprint density at radius 1 is 1.12 bits per heavy atom. The molecule has 3 unspecified atom stereocenters. The fraction of sp³-hybridized carbons (Fsp3) is 0.762. The highest BCUT2D eigenvalue weighted by molar-refractivity contribution is 6.27. The molecule has 1 aliphatic carbocycles. The molecule has 0 heterocycles. The monoisotopic (exact) mass is 366 g/mol. The third kappa shape index (κ3) is 4.89. The smallest absolute Gasteiger partial charge is 0.185 e. The molecular weight excluding hydrogens is 332 g/mol. The molecule has 0 radical (unpaired) electrons. The minimum absolute atomic E-state index is 0.0129. The molecule has 1 fully saturated rings. The summed E-state index contributed by atoms with van der Waals surface area (Å²) in [5, 5.41) is 21.7. The average Bonchev–Trinajstić information content (AvgIpc) is 2.69. The Morgan fingerprint density at radius 2 is 1.69 bits per heavy atom. The molecule has 148 valence electrons. The maximum atomic E-state index is 12.9. The van der Waals surface area contributed by atoms with Crippen LogP contribution < -0.4 is 0 Å². The second-order valence-electron chi connectivity index (χ2n) is 8.65. The Hall–Kier alpha value is -1.33. The lowest BCUT2D eigenvalue weighted by Gasteiger charge is -2.32. The topological polar surface area (TPSA) is 91.7 Å². The van der Waals surface area contributed by atoms with Gasteiger partial charge in [0.1, 0.15) is 5.92 Å². The average molecular weight is 366 g/mol. The standard InChI is InChI=1S/C21H34O5/c1-12(2)7-9-15-19(24)18(16(22)11-14(5)6)20(25)21(15,26)17(23)10-8-13(3)4/h7,13-15,17-18,23,26H,8-11H2,1-6H3/t15-,17?,18?,21?/m1/s1. The molecule has 2 N–H and O–H groups in total. The third-order valence-corrected chi connectivity index (χ3v) is 5.03. The first-order chi connectivity index (χ1) is 11.9. The van der Waals surface area contributed by atoms with Crippen LogP contribution in [0.3, 0.4) is 0 Å². The van der Waals surface area contributed by atoms with Gasteiger partial charge in [-0.1, -0.05) is 39.3 Å². The number of carbonyl (C=O) groups is 3. The normalized spacial score (nSPS) is 27.3. The van der Waals surface area contributed by atoms with Crippen molar-refractivity contribution in [2.75, 3.05) is 0 Å². The fourth-order valence-electron chi connectivity index (χ4n) is 3.53. The maximum absolute atomic E-state index is 12.9. The van der Waals surface area contributed by atoms with Gasteiger partial charge < -0.3 is 10.2 Å². The first-order valence-corrected chi connectivity index (χ1v) is 9.57. The molecule has 0 aliphatic heterocycles. The summed E-state index contributed by atoms with van der Waals surface area (Å²) >= 11 is 0. The summed E-state index contributed by atoms with van der Waals surface area (Å²) in [6, 6.07) is 0. The summed E-state index contributed by atoms with van der Waals surface area (Å²) in [6.07, 6.45) is 1.50. The van der Waals surface area contributed by atoms with Gasteiger partial charge in [-0.25, -0.2) is 0 Å². The fourth-order valence-corrected chi connectivity index (χ4v) is 3.53. The van der Waals surface area contributed by atoms with E-state index in [9.17, 15) is 24.6 Å². The van der Waals surface area contributed by atoms with Crippen LogP contribution in [0, 0.1) is 23.7 Å². The van der Waals surface area contributed by atoms with Gasteiger partial charge >= 0.3 is 0 Å². The molecule has 0 aromatic rings. The maximum Gasteiger partial charge on any atom is 0.185 e. The Kier molecular flexibility index (Phi) is 7.90. The van der Waals surface area contributed by atoms with E-state index in [0.29, 0.717) is 6.42 Å². The number of hydrogen-bond donors (Lipinski definition) is 2. The predicted molar refractivity (Wildman–Crippen MR) is 101 cm³/mol. The van der Waals surface area contributed by atoms with E-state index >= 15 is 0 Å². The minimum atomic E-state index is -2.19. The lowest BCUT2D eigenvalue weighted by Crippen LogP contribution is -2.52. The molecule has 0 saturated heterocycles. The molecule has 0 aromatic carbocycles. The molecule has 0 aromatic heterocycles. The van der Waals surface area contributed by atoms with Crippen molar-refractivity contribution >= 4 is 17.3 Å². The summed E-state index contributed by atoms with van der Waals surface area (Å²) in [5.74, 6) is -4.06. The Bertz CT molecular complexity index is 571. The lowest BCUT2D eigenvalue weighted by atomic mass is 9.79. The number of rotatable bonds is 9. The number of Topliss-reactive ketones (excluding diaryl/α,β-unsaturated/α-hetero) is 3. The van der Waals surface area contributed by atoms with Crippen molar-refractivity contribution in [1.29, 1.82) is 0 Å². The zero-order chi connectivity index (χ0) is 20.2. The van der Waals surface area contributed by atoms with E-state index in [0.717, 1.165) is 5.57 Å². The highest BCUT2D eigenvalue weighted by atomic mass is 16.4. The van der Waals surface area contributed by atoms with Crippen LogP contribution in [-0.4, -0.2) is 39.3 Å². The van der Waals surface area contributed by atoms with Gasteiger partial charge in [-0.05, 0) is 44.9 Å². The van der Waals surface area contributed by atoms with Gasteiger partial charge in [-0.3, -0.25) is 14.4 Å². The lowest BCUT2D eigenvalue weighted by molar-refractivity contribution is -0.157. The summed E-state index contributed by atoms with van der Waals surface area (Å²) in [4.78, 5) is 38.3. The summed E-state index contributed by atoms with van der Waals surface area (Å²) < 4.78 is 0. The van der Waals surface area contributed by atoms with Crippen molar-refractivity contribution in [3.05, 3.63) is 11.6 Å². The van der Waals surface area contributed by atoms with Crippen LogP contribution >= 0.6 is 0 Å². The second kappa shape index (κ2) is 9.05. The Labute approximate surface area is 156 Å². The second-order valence-corrected chi connectivity index (χ2v) is 8.65. The van der Waals surface area contributed by atoms with Gasteiger partial charge in [0, 0.05) is 6.42 Å². The van der Waals surface area contributed by atoms with Crippen molar-refractivity contribution in [2.24, 2.45) is 23.7 Å². The Balaban J connectivity index is 3.23. The predicted octanol–water partition coefficient (Wildman–Crippen LogP) is 2.87. The van der Waals surface area contributed by atoms with E-state index in [1.807, 2.05) is 41.5 Å². The third-order valence-electron chi connectivity index (χ3n) is 5.03. The SMILES string of the molecule is CC(C)=CC[C@@H]1C(=O)C(C(=O)CC(C)C)C(=O)C1(O)C(O)CCC(C)C. The number of hydrogen-bond acceptors (Lipinski definition) is 5. The van der Waals surface area contributed by atoms with E-state index in [2.05, 4.69) is 0 Å². The van der Waals surface area contributed by atoms with Gasteiger partial charge in [0.25, 0.3) is 0 Å². The number of ketones is 3. The van der Waals surface area contributed by atoms with E-state index in [4.69, 9.17) is 0 Å². The summed E-state index contributed by atoms with van der Waals surface area (Å²) in [7, 11) is 0. The van der Waals surface area contributed by atoms with Crippen molar-refractivity contribution in [2.45, 2.75) is 78.9 Å². The molecule has 0 spiro atoms. The quantitative estimate of drug-likeness (QED) is 0.483. The van der Waals surface area contributed by atoms with Crippen LogP contribution in [0.15, 0.2) is 11.6 Å². The van der Waals surface area contributed by atoms with Gasteiger partial charge in [-0.15, -0.1) is 0 Å². The van der Waals surface area contributed by atoms with E-state index in [1.165, 1.54) is 0 Å². The number of aliphatic hydroxyl groups is 2. The first kappa shape index (κ1) is 22.7. The first-order valence-electron chi connectivity index (χ1n) is 9.57. The summed E-state index contributed by atoms with van der Waals surface area (Å²) in [6.45, 7) is 11.4. The largest absolute Gasteiger partial charge is 0.390 e. The van der Waals surface area contributed by atoms with Crippen LogP contribution in [0.25, 0.3) is 0 Å².